The van der Waals surface area contributed by atoms with Gasteiger partial charge in [-0.15, -0.1) is 0 Å². The number of hydrogen-bond acceptors (Lipinski definition) is 10. The highest BCUT2D eigenvalue weighted by molar-refractivity contribution is 6.40. The first-order chi connectivity index (χ1) is 29.3. The molecule has 2 unspecified atom stereocenters. The van der Waals surface area contributed by atoms with E-state index in [1.54, 1.807) is 0 Å². The van der Waals surface area contributed by atoms with Crippen LogP contribution < -0.4 is 21.3 Å². The molecule has 318 valence electrons. The second-order valence-electron chi connectivity index (χ2n) is 12.7. The van der Waals surface area contributed by atoms with Gasteiger partial charge in [-0.3, -0.25) is 28.8 Å². The second kappa shape index (κ2) is 21.3. The number of rotatable bonds is 14. The first-order valence-corrected chi connectivity index (χ1v) is 20.4. The number of Topliss-reactive ketones (excluding diaryl/α,β-unsaturated/α-hetero) is 2. The number of azo groups is 2. The molecule has 0 aromatic heterocycles. The maximum atomic E-state index is 13.3. The Balaban J connectivity index is 1.26. The molecule has 4 amide bonds. The molecule has 0 aliphatic rings. The molecule has 0 fully saturated rings. The monoisotopic (exact) mass is 994 g/mol. The number of hydrogen-bond donors (Lipinski definition) is 4. The molecule has 5 aromatic rings. The van der Waals surface area contributed by atoms with Crippen molar-refractivity contribution < 1.29 is 28.8 Å². The van der Waals surface area contributed by atoms with Crippen molar-refractivity contribution in [1.29, 1.82) is 0 Å². The summed E-state index contributed by atoms with van der Waals surface area (Å²) in [7, 11) is 0. The van der Waals surface area contributed by atoms with Crippen molar-refractivity contribution in [2.45, 2.75) is 25.9 Å². The van der Waals surface area contributed by atoms with Gasteiger partial charge in [-0.25, -0.2) is 0 Å². The third kappa shape index (κ3) is 12.5. The fourth-order valence-corrected chi connectivity index (χ4v) is 6.83. The Morgan fingerprint density at radius 1 is 0.419 bits per heavy atom. The number of benzene rings is 5. The summed E-state index contributed by atoms with van der Waals surface area (Å²) < 4.78 is 0. The van der Waals surface area contributed by atoms with Crippen LogP contribution in [-0.2, 0) is 19.2 Å². The van der Waals surface area contributed by atoms with Crippen LogP contribution in [0.15, 0.2) is 105 Å². The molecule has 0 aliphatic heterocycles. The van der Waals surface area contributed by atoms with Gasteiger partial charge >= 0.3 is 0 Å². The molecule has 5 aromatic carbocycles. The largest absolute Gasteiger partial charge is 0.322 e. The van der Waals surface area contributed by atoms with Crippen LogP contribution in [0.25, 0.3) is 0 Å². The van der Waals surface area contributed by atoms with Gasteiger partial charge in [0.1, 0.15) is 0 Å². The summed E-state index contributed by atoms with van der Waals surface area (Å²) in [5.41, 5.74) is 0.522. The van der Waals surface area contributed by atoms with Crippen LogP contribution in [0, 0.1) is 0 Å². The Labute approximate surface area is 392 Å². The lowest BCUT2D eigenvalue weighted by molar-refractivity contribution is -0.127. The van der Waals surface area contributed by atoms with Crippen molar-refractivity contribution >= 4 is 162 Å². The highest BCUT2D eigenvalue weighted by Crippen LogP contribution is 2.34. The molecule has 4 N–H and O–H groups in total. The van der Waals surface area contributed by atoms with Gasteiger partial charge in [0.2, 0.25) is 12.1 Å². The van der Waals surface area contributed by atoms with E-state index in [9.17, 15) is 28.8 Å². The van der Waals surface area contributed by atoms with Crippen molar-refractivity contribution in [3.05, 3.63) is 136 Å². The van der Waals surface area contributed by atoms with Gasteiger partial charge in [0.15, 0.2) is 11.6 Å². The minimum absolute atomic E-state index is 0.0108. The first-order valence-electron chi connectivity index (χ1n) is 17.4. The maximum absolute atomic E-state index is 13.3. The van der Waals surface area contributed by atoms with Gasteiger partial charge in [-0.2, -0.15) is 20.5 Å². The van der Waals surface area contributed by atoms with E-state index >= 15 is 0 Å². The van der Waals surface area contributed by atoms with Crippen molar-refractivity contribution in [3.8, 4) is 0 Å². The number of amides is 4. The molecule has 0 spiro atoms. The van der Waals surface area contributed by atoms with E-state index < -0.39 is 47.3 Å². The summed E-state index contributed by atoms with van der Waals surface area (Å²) in [4.78, 5) is 77.6. The van der Waals surface area contributed by atoms with Crippen molar-refractivity contribution in [2.24, 2.45) is 20.5 Å². The lowest BCUT2D eigenvalue weighted by atomic mass is 10.1. The molecule has 0 heterocycles. The van der Waals surface area contributed by atoms with Gasteiger partial charge in [0, 0.05) is 10.0 Å². The number of carbonyl (C=O) groups excluding carboxylic acids is 6. The van der Waals surface area contributed by atoms with Gasteiger partial charge in [-0.05, 0) is 98.8 Å². The molecule has 62 heavy (non-hydrogen) atoms. The molecule has 0 bridgehead atoms. The highest BCUT2D eigenvalue weighted by Gasteiger charge is 2.27. The molecule has 0 saturated carbocycles. The number of ketones is 2. The Kier molecular flexibility index (Phi) is 16.4. The average Bonchev–Trinajstić information content (AvgIpc) is 3.19. The van der Waals surface area contributed by atoms with Crippen LogP contribution in [0.2, 0.25) is 40.2 Å². The van der Waals surface area contributed by atoms with Crippen LogP contribution in [-0.4, -0.2) is 47.3 Å². The van der Waals surface area contributed by atoms with E-state index in [1.807, 2.05) is 0 Å². The summed E-state index contributed by atoms with van der Waals surface area (Å²) >= 11 is 49.6. The molecule has 5 rings (SSSR count). The second-order valence-corrected chi connectivity index (χ2v) is 16.0. The van der Waals surface area contributed by atoms with E-state index in [0.29, 0.717) is 10.0 Å². The number of nitrogens with one attached hydrogen (secondary N) is 4. The summed E-state index contributed by atoms with van der Waals surface area (Å²) in [5.74, 6) is -4.58. The van der Waals surface area contributed by atoms with Gasteiger partial charge in [-0.1, -0.05) is 92.8 Å². The molecule has 0 saturated heterocycles. The SMILES string of the molecule is CC(=O)C(N=Nc1ccc(Cl)c(C(=O)Nc2ccc(Cl)cc2Cl)c1)C(=O)Nc1cc(Cl)c(NC(=O)C(N=Nc2ccc(Cl)c(C(=O)Nc3ccc(Cl)cc3Cl)c2)C(C)=O)cc1Cl. The first kappa shape index (κ1) is 47.9. The molecule has 0 aliphatic carbocycles. The van der Waals surface area contributed by atoms with Crippen LogP contribution in [0.5, 0.6) is 0 Å². The van der Waals surface area contributed by atoms with Crippen molar-refractivity contribution in [1.82, 2.24) is 0 Å². The molecular weight excluding hydrogens is 972 g/mol. The zero-order chi connectivity index (χ0) is 45.4. The average molecular weight is 998 g/mol. The summed E-state index contributed by atoms with van der Waals surface area (Å²) in [6, 6.07) is 16.1. The zero-order valence-electron chi connectivity index (χ0n) is 31.5. The van der Waals surface area contributed by atoms with Crippen LogP contribution in [0.4, 0.5) is 34.1 Å². The highest BCUT2D eigenvalue weighted by atomic mass is 35.5. The van der Waals surface area contributed by atoms with Crippen LogP contribution in [0.3, 0.4) is 0 Å². The third-order valence-electron chi connectivity index (χ3n) is 8.16. The topological polar surface area (TPSA) is 200 Å². The molecule has 14 nitrogen and oxygen atoms in total. The molecule has 0 radical (unpaired) electrons. The van der Waals surface area contributed by atoms with Gasteiger partial charge < -0.3 is 21.3 Å². The Morgan fingerprint density at radius 2 is 0.774 bits per heavy atom. The van der Waals surface area contributed by atoms with Crippen molar-refractivity contribution in [3.63, 3.8) is 0 Å². The lowest BCUT2D eigenvalue weighted by Crippen LogP contribution is -2.32. The third-order valence-corrected chi connectivity index (χ3v) is 10.5. The predicted octanol–water partition coefficient (Wildman–Crippen LogP) is 12.8. The minimum atomic E-state index is -1.68. The minimum Gasteiger partial charge on any atom is -0.322 e. The Morgan fingerprint density at radius 3 is 1.11 bits per heavy atom. The fourth-order valence-electron chi connectivity index (χ4n) is 5.09. The molecular formula is C40H26Cl8N8O6. The zero-order valence-corrected chi connectivity index (χ0v) is 37.5. The quantitative estimate of drug-likeness (QED) is 0.0630. The number of nitrogens with zero attached hydrogens (tertiary/aromatic N) is 4. The standard InChI is InChI=1S/C40H26Cl8N8O6/c1-17(57)35(55-53-21-5-7-25(43)23(13-21)37(59)49-31-9-3-19(41)11-27(31)45)39(61)51-33-15-30(48)34(16-29(33)47)52-40(62)36(18(2)58)56-54-22-6-8-26(44)24(14-22)38(60)50-32-10-4-20(42)12-28(32)46/h3-16,35-36H,1-2H3,(H,49,59)(H,50,60)(H,51,61)(H,52,62). The van der Waals surface area contributed by atoms with E-state index in [0.717, 1.165) is 13.8 Å². The summed E-state index contributed by atoms with van der Waals surface area (Å²) in [6.45, 7) is 2.22. The summed E-state index contributed by atoms with van der Waals surface area (Å²) in [6.07, 6.45) is 0. The van der Waals surface area contributed by atoms with Gasteiger partial charge in [0.25, 0.3) is 23.6 Å². The Hall–Kier alpha value is -5.16. The molecule has 2 atom stereocenters. The van der Waals surface area contributed by atoms with E-state index in [1.165, 1.54) is 84.9 Å². The molecule has 22 heteroatoms. The lowest BCUT2D eigenvalue weighted by Gasteiger charge is -2.15. The maximum Gasteiger partial charge on any atom is 0.258 e. The van der Waals surface area contributed by atoms with Gasteiger partial charge in [0.05, 0.1) is 75.4 Å². The van der Waals surface area contributed by atoms with Crippen LogP contribution >= 0.6 is 92.8 Å². The van der Waals surface area contributed by atoms with E-state index in [4.69, 9.17) is 92.8 Å². The van der Waals surface area contributed by atoms with E-state index in [-0.39, 0.29) is 75.4 Å². The predicted molar refractivity (Wildman–Crippen MR) is 243 cm³/mol. The number of halogens is 8. The fraction of sp³-hybridized carbons (Fsp3) is 0.100. The van der Waals surface area contributed by atoms with E-state index in [2.05, 4.69) is 41.7 Å². The summed E-state index contributed by atoms with van der Waals surface area (Å²) in [5, 5.41) is 26.8. The van der Waals surface area contributed by atoms with Crippen LogP contribution in [0.1, 0.15) is 34.6 Å². The number of carbonyl (C=O) groups is 6. The normalized spacial score (nSPS) is 12.2. The van der Waals surface area contributed by atoms with Crippen molar-refractivity contribution in [2.75, 3.05) is 21.3 Å². The smallest absolute Gasteiger partial charge is 0.258 e. The Bertz CT molecular complexity index is 2530. The number of anilines is 4.